The van der Waals surface area contributed by atoms with Crippen molar-refractivity contribution in [1.82, 2.24) is 19.1 Å². The SMILES string of the molecule is c1ccc(-n2c3ccccc3c3cc4cccc(-c5nc(-n6c7ccccc7c7cc8ccccc8cc76)nc6ccccc56)c4cc32)cc1. The Morgan fingerprint density at radius 2 is 0.920 bits per heavy atom. The van der Waals surface area contributed by atoms with Crippen LogP contribution in [0.3, 0.4) is 0 Å². The summed E-state index contributed by atoms with van der Waals surface area (Å²) >= 11 is 0. The summed E-state index contributed by atoms with van der Waals surface area (Å²) in [4.78, 5) is 10.7. The number of hydrogen-bond acceptors (Lipinski definition) is 2. The van der Waals surface area contributed by atoms with Crippen molar-refractivity contribution < 1.29 is 0 Å². The van der Waals surface area contributed by atoms with Crippen LogP contribution < -0.4 is 0 Å². The van der Waals surface area contributed by atoms with Gasteiger partial charge in [-0.2, -0.15) is 0 Å². The summed E-state index contributed by atoms with van der Waals surface area (Å²) in [5.41, 5.74) is 8.61. The maximum absolute atomic E-state index is 5.49. The second kappa shape index (κ2) is 10.4. The molecule has 0 unspecified atom stereocenters. The molecule has 0 aliphatic rings. The molecule has 0 fully saturated rings. The largest absolute Gasteiger partial charge is 0.309 e. The molecule has 0 radical (unpaired) electrons. The van der Waals surface area contributed by atoms with Crippen LogP contribution in [0.4, 0.5) is 0 Å². The van der Waals surface area contributed by atoms with Gasteiger partial charge in [-0.05, 0) is 76.1 Å². The second-order valence-corrected chi connectivity index (χ2v) is 13.0. The van der Waals surface area contributed by atoms with Crippen LogP contribution in [0.1, 0.15) is 0 Å². The van der Waals surface area contributed by atoms with Crippen molar-refractivity contribution in [2.24, 2.45) is 0 Å². The van der Waals surface area contributed by atoms with Crippen LogP contribution in [0.5, 0.6) is 0 Å². The number of hydrogen-bond donors (Lipinski definition) is 0. The van der Waals surface area contributed by atoms with Gasteiger partial charge in [0.1, 0.15) is 0 Å². The Morgan fingerprint density at radius 3 is 1.70 bits per heavy atom. The Balaban J connectivity index is 1.24. The Morgan fingerprint density at radius 1 is 0.340 bits per heavy atom. The van der Waals surface area contributed by atoms with Gasteiger partial charge in [0.25, 0.3) is 0 Å². The molecular formula is C46H28N4. The molecule has 0 atom stereocenters. The minimum atomic E-state index is 0.664. The average molecular weight is 637 g/mol. The number of rotatable bonds is 3. The lowest BCUT2D eigenvalue weighted by atomic mass is 9.97. The lowest BCUT2D eigenvalue weighted by molar-refractivity contribution is 1.01. The molecule has 0 spiro atoms. The van der Waals surface area contributed by atoms with Crippen LogP contribution in [0.25, 0.3) is 99.0 Å². The molecule has 3 aromatic heterocycles. The van der Waals surface area contributed by atoms with Gasteiger partial charge in [-0.15, -0.1) is 0 Å². The Hall–Kier alpha value is -6.78. The first-order valence-electron chi connectivity index (χ1n) is 17.0. The molecule has 0 aliphatic carbocycles. The fraction of sp³-hybridized carbons (Fsp3) is 0. The average Bonchev–Trinajstić information content (AvgIpc) is 3.67. The van der Waals surface area contributed by atoms with Crippen LogP contribution in [0.15, 0.2) is 170 Å². The van der Waals surface area contributed by atoms with Gasteiger partial charge < -0.3 is 4.57 Å². The van der Waals surface area contributed by atoms with E-state index in [-0.39, 0.29) is 0 Å². The van der Waals surface area contributed by atoms with Gasteiger partial charge in [-0.1, -0.05) is 115 Å². The predicted molar refractivity (Wildman–Crippen MR) is 209 cm³/mol. The van der Waals surface area contributed by atoms with Crippen LogP contribution in [-0.2, 0) is 0 Å². The summed E-state index contributed by atoms with van der Waals surface area (Å²) in [6.45, 7) is 0. The first kappa shape index (κ1) is 27.2. The van der Waals surface area contributed by atoms with E-state index in [0.29, 0.717) is 5.95 Å². The van der Waals surface area contributed by atoms with Crippen LogP contribution in [0, 0.1) is 0 Å². The first-order chi connectivity index (χ1) is 24.8. The lowest BCUT2D eigenvalue weighted by Crippen LogP contribution is -2.03. The smallest absolute Gasteiger partial charge is 0.235 e. The number of aromatic nitrogens is 4. The highest BCUT2D eigenvalue weighted by atomic mass is 15.2. The van der Waals surface area contributed by atoms with Gasteiger partial charge in [0.2, 0.25) is 5.95 Å². The molecule has 0 bridgehead atoms. The highest BCUT2D eigenvalue weighted by molar-refractivity contribution is 6.17. The summed E-state index contributed by atoms with van der Waals surface area (Å²) in [6, 6.07) is 60.7. The van der Waals surface area contributed by atoms with E-state index in [4.69, 9.17) is 9.97 Å². The summed E-state index contributed by atoms with van der Waals surface area (Å²) < 4.78 is 4.62. The minimum absolute atomic E-state index is 0.664. The van der Waals surface area contributed by atoms with E-state index in [1.807, 2.05) is 0 Å². The van der Waals surface area contributed by atoms with E-state index in [2.05, 4.69) is 179 Å². The molecule has 0 aliphatic heterocycles. The van der Waals surface area contributed by atoms with E-state index >= 15 is 0 Å². The normalized spacial score (nSPS) is 12.0. The molecule has 3 heterocycles. The monoisotopic (exact) mass is 636 g/mol. The maximum Gasteiger partial charge on any atom is 0.235 e. The Kier molecular flexibility index (Phi) is 5.63. The molecule has 8 aromatic carbocycles. The van der Waals surface area contributed by atoms with Crippen molar-refractivity contribution in [1.29, 1.82) is 0 Å². The highest BCUT2D eigenvalue weighted by Gasteiger charge is 2.20. The van der Waals surface area contributed by atoms with Gasteiger partial charge in [0.15, 0.2) is 0 Å². The quantitative estimate of drug-likeness (QED) is 0.193. The van der Waals surface area contributed by atoms with E-state index < -0.39 is 0 Å². The molecule has 11 aromatic rings. The van der Waals surface area contributed by atoms with Gasteiger partial charge >= 0.3 is 0 Å². The molecule has 11 rings (SSSR count). The van der Waals surface area contributed by atoms with Crippen molar-refractivity contribution in [2.75, 3.05) is 0 Å². The van der Waals surface area contributed by atoms with E-state index in [9.17, 15) is 0 Å². The maximum atomic E-state index is 5.49. The van der Waals surface area contributed by atoms with Gasteiger partial charge in [0.05, 0.1) is 33.3 Å². The minimum Gasteiger partial charge on any atom is -0.309 e. The molecule has 50 heavy (non-hydrogen) atoms. The first-order valence-corrected chi connectivity index (χ1v) is 17.0. The fourth-order valence-corrected chi connectivity index (χ4v) is 8.04. The molecule has 0 amide bonds. The molecular weight excluding hydrogens is 609 g/mol. The predicted octanol–water partition coefficient (Wildman–Crippen LogP) is 11.8. The van der Waals surface area contributed by atoms with Crippen LogP contribution in [-0.4, -0.2) is 19.1 Å². The van der Waals surface area contributed by atoms with Gasteiger partial charge in [0, 0.05) is 38.2 Å². The van der Waals surface area contributed by atoms with E-state index in [1.54, 1.807) is 0 Å². The van der Waals surface area contributed by atoms with Crippen LogP contribution >= 0.6 is 0 Å². The van der Waals surface area contributed by atoms with Gasteiger partial charge in [-0.25, -0.2) is 9.97 Å². The summed E-state index contributed by atoms with van der Waals surface area (Å²) in [5.74, 6) is 0.664. The van der Waals surface area contributed by atoms with E-state index in [1.165, 1.54) is 48.7 Å². The van der Waals surface area contributed by atoms with Gasteiger partial charge in [-0.3, -0.25) is 4.57 Å². The molecule has 0 saturated carbocycles. The zero-order valence-corrected chi connectivity index (χ0v) is 27.0. The van der Waals surface area contributed by atoms with Crippen molar-refractivity contribution in [3.05, 3.63) is 170 Å². The summed E-state index contributed by atoms with van der Waals surface area (Å²) in [6.07, 6.45) is 0. The summed E-state index contributed by atoms with van der Waals surface area (Å²) in [5, 5.41) is 10.6. The summed E-state index contributed by atoms with van der Waals surface area (Å²) in [7, 11) is 0. The van der Waals surface area contributed by atoms with Crippen molar-refractivity contribution in [2.45, 2.75) is 0 Å². The molecule has 232 valence electrons. The third kappa shape index (κ3) is 3.87. The van der Waals surface area contributed by atoms with Crippen molar-refractivity contribution in [3.63, 3.8) is 0 Å². The third-order valence-electron chi connectivity index (χ3n) is 10.3. The third-order valence-corrected chi connectivity index (χ3v) is 10.3. The standard InChI is InChI=1S/C46H28N4/c1-2-16-32(17-3-1)49-41-23-10-7-18-33(41)39-26-31-15-12-21-35(37(31)28-44(39)49)45-36-20-6-9-22-40(36)47-46(48-45)50-42-24-11-8-19-34(42)38-25-29-13-4-5-14-30(29)27-43(38)50/h1-28H. The highest BCUT2D eigenvalue weighted by Crippen LogP contribution is 2.40. The fourth-order valence-electron chi connectivity index (χ4n) is 8.04. The molecule has 4 heteroatoms. The number of nitrogens with zero attached hydrogens (tertiary/aromatic N) is 4. The molecule has 0 N–H and O–H groups in total. The zero-order valence-electron chi connectivity index (χ0n) is 27.0. The second-order valence-electron chi connectivity index (χ2n) is 13.0. The molecule has 0 saturated heterocycles. The zero-order chi connectivity index (χ0) is 32.8. The van der Waals surface area contributed by atoms with Crippen molar-refractivity contribution >= 4 is 76.1 Å². The van der Waals surface area contributed by atoms with Crippen molar-refractivity contribution in [3.8, 4) is 22.9 Å². The molecule has 4 nitrogen and oxygen atoms in total. The van der Waals surface area contributed by atoms with E-state index in [0.717, 1.165) is 44.3 Å². The Bertz CT molecular complexity index is 3150. The lowest BCUT2D eigenvalue weighted by Gasteiger charge is -2.14. The number of fused-ring (bicyclic) bond motifs is 9. The topological polar surface area (TPSA) is 35.6 Å². The van der Waals surface area contributed by atoms with Crippen LogP contribution in [0.2, 0.25) is 0 Å². The number of benzene rings is 8. The Labute approximate surface area is 287 Å². The number of para-hydroxylation sites is 4.